The van der Waals surface area contributed by atoms with Crippen molar-refractivity contribution in [2.24, 2.45) is 5.92 Å². The van der Waals surface area contributed by atoms with E-state index < -0.39 is 97.5 Å². The van der Waals surface area contributed by atoms with Crippen molar-refractivity contribution in [3.05, 3.63) is 0 Å². The maximum Gasteiger partial charge on any atom is 0.472 e. The molecule has 0 aromatic heterocycles. The van der Waals surface area contributed by atoms with E-state index >= 15 is 0 Å². The van der Waals surface area contributed by atoms with Crippen LogP contribution in [0.1, 0.15) is 369 Å². The molecule has 0 heterocycles. The summed E-state index contributed by atoms with van der Waals surface area (Å²) in [5.74, 6) is -1.31. The lowest BCUT2D eigenvalue weighted by atomic mass is 9.99. The standard InChI is InChI=1S/C71H138O17P2/c1-6-10-13-16-19-22-24-25-26-27-28-29-31-37-42-47-52-57-71(76)88-67(61-82-69(74)55-50-45-40-35-33-32-34-38-43-48-53-64(5)9-4)63-86-90(79,80)84-59-65(72)58-83-89(77,78)85-62-66(60-81-68(73)54-49-44-39-21-18-15-12-8-3)87-70(75)56-51-46-41-36-30-23-20-17-14-11-7-2/h64-67,72H,6-63H2,1-5H3,(H,77,78)(H,79,80)/t64?,65-,66+,67+/m0/s1. The Hall–Kier alpha value is -1.94. The van der Waals surface area contributed by atoms with Gasteiger partial charge in [0.15, 0.2) is 12.2 Å². The lowest BCUT2D eigenvalue weighted by Crippen LogP contribution is -2.30. The third-order valence-electron chi connectivity index (χ3n) is 16.9. The molecule has 0 saturated heterocycles. The molecule has 3 N–H and O–H groups in total. The number of ether oxygens (including phenoxy) is 4. The first-order valence-electron chi connectivity index (χ1n) is 37.2. The van der Waals surface area contributed by atoms with Gasteiger partial charge in [-0.25, -0.2) is 9.13 Å². The van der Waals surface area contributed by atoms with Gasteiger partial charge in [-0.3, -0.25) is 37.3 Å². The highest BCUT2D eigenvalue weighted by Crippen LogP contribution is 2.45. The number of rotatable bonds is 71. The second kappa shape index (κ2) is 64.4. The Balaban J connectivity index is 5.22. The first-order valence-corrected chi connectivity index (χ1v) is 40.2. The van der Waals surface area contributed by atoms with E-state index in [-0.39, 0.29) is 25.7 Å². The van der Waals surface area contributed by atoms with Crippen molar-refractivity contribution >= 4 is 39.5 Å². The maximum absolute atomic E-state index is 13.0. The Morgan fingerprint density at radius 2 is 0.533 bits per heavy atom. The van der Waals surface area contributed by atoms with Crippen LogP contribution in [0, 0.1) is 5.92 Å². The third-order valence-corrected chi connectivity index (χ3v) is 18.8. The molecular formula is C71H138O17P2. The second-order valence-corrected chi connectivity index (χ2v) is 28.8. The number of hydrogen-bond donors (Lipinski definition) is 3. The molecule has 0 aliphatic carbocycles. The van der Waals surface area contributed by atoms with Gasteiger partial charge in [0, 0.05) is 25.7 Å². The minimum atomic E-state index is -4.95. The summed E-state index contributed by atoms with van der Waals surface area (Å²) in [7, 11) is -9.90. The zero-order valence-corrected chi connectivity index (χ0v) is 60.1. The van der Waals surface area contributed by atoms with E-state index in [0.29, 0.717) is 25.7 Å². The molecule has 17 nitrogen and oxygen atoms in total. The van der Waals surface area contributed by atoms with Gasteiger partial charge in [0.05, 0.1) is 26.4 Å². The molecule has 0 rings (SSSR count). The minimum Gasteiger partial charge on any atom is -0.462 e. The first-order chi connectivity index (χ1) is 43.6. The van der Waals surface area contributed by atoms with Crippen molar-refractivity contribution in [1.82, 2.24) is 0 Å². The highest BCUT2D eigenvalue weighted by atomic mass is 31.2. The van der Waals surface area contributed by atoms with E-state index in [1.807, 2.05) is 0 Å². The lowest BCUT2D eigenvalue weighted by Gasteiger charge is -2.21. The number of aliphatic hydroxyl groups excluding tert-OH is 1. The summed E-state index contributed by atoms with van der Waals surface area (Å²) < 4.78 is 68.3. The van der Waals surface area contributed by atoms with Crippen molar-refractivity contribution in [2.45, 2.75) is 387 Å². The predicted octanol–water partition coefficient (Wildman–Crippen LogP) is 20.5. The molecule has 0 aromatic rings. The quantitative estimate of drug-likeness (QED) is 0.0222. The molecule has 90 heavy (non-hydrogen) atoms. The Bertz CT molecular complexity index is 1740. The Morgan fingerprint density at radius 3 is 0.789 bits per heavy atom. The average molecular weight is 1330 g/mol. The van der Waals surface area contributed by atoms with E-state index in [0.717, 1.165) is 102 Å². The predicted molar refractivity (Wildman–Crippen MR) is 363 cm³/mol. The van der Waals surface area contributed by atoms with Crippen molar-refractivity contribution < 1.29 is 80.2 Å². The van der Waals surface area contributed by atoms with Crippen LogP contribution in [0.3, 0.4) is 0 Å². The monoisotopic (exact) mass is 1320 g/mol. The average Bonchev–Trinajstić information content (AvgIpc) is 3.36. The van der Waals surface area contributed by atoms with Crippen LogP contribution in [-0.2, 0) is 65.4 Å². The van der Waals surface area contributed by atoms with Crippen LogP contribution >= 0.6 is 15.6 Å². The number of carbonyl (C=O) groups is 4. The molecule has 0 aliphatic rings. The number of unbranched alkanes of at least 4 members (excludes halogenated alkanes) is 42. The molecule has 0 amide bonds. The van der Waals surface area contributed by atoms with Crippen LogP contribution in [0.4, 0.5) is 0 Å². The molecule has 0 saturated carbocycles. The van der Waals surface area contributed by atoms with E-state index in [4.69, 9.17) is 37.0 Å². The topological polar surface area (TPSA) is 237 Å². The molecule has 3 unspecified atom stereocenters. The van der Waals surface area contributed by atoms with E-state index in [1.165, 1.54) is 186 Å². The molecule has 0 fully saturated rings. The summed E-state index contributed by atoms with van der Waals surface area (Å²) in [5, 5.41) is 10.6. The Morgan fingerprint density at radius 1 is 0.311 bits per heavy atom. The van der Waals surface area contributed by atoms with Gasteiger partial charge in [-0.2, -0.15) is 0 Å². The summed E-state index contributed by atoms with van der Waals surface area (Å²) in [6, 6.07) is 0. The zero-order chi connectivity index (χ0) is 66.3. The number of carbonyl (C=O) groups excluding carboxylic acids is 4. The number of hydrogen-bond acceptors (Lipinski definition) is 15. The van der Waals surface area contributed by atoms with Crippen LogP contribution in [0.25, 0.3) is 0 Å². The largest absolute Gasteiger partial charge is 0.472 e. The molecule has 0 radical (unpaired) electrons. The fourth-order valence-electron chi connectivity index (χ4n) is 10.8. The van der Waals surface area contributed by atoms with Crippen molar-refractivity contribution in [3.8, 4) is 0 Å². The number of esters is 4. The second-order valence-electron chi connectivity index (χ2n) is 25.9. The molecule has 6 atom stereocenters. The van der Waals surface area contributed by atoms with Gasteiger partial charge in [-0.05, 0) is 31.6 Å². The molecule has 0 bridgehead atoms. The number of aliphatic hydroxyl groups is 1. The van der Waals surface area contributed by atoms with E-state index in [1.54, 1.807) is 0 Å². The normalized spacial score (nSPS) is 14.4. The van der Waals surface area contributed by atoms with Crippen molar-refractivity contribution in [1.29, 1.82) is 0 Å². The highest BCUT2D eigenvalue weighted by Gasteiger charge is 2.30. The summed E-state index contributed by atoms with van der Waals surface area (Å²) in [5.41, 5.74) is 0. The van der Waals surface area contributed by atoms with Crippen molar-refractivity contribution in [2.75, 3.05) is 39.6 Å². The molecule has 0 spiro atoms. The van der Waals surface area contributed by atoms with E-state index in [2.05, 4.69) is 34.6 Å². The Labute approximate surface area is 549 Å². The summed E-state index contributed by atoms with van der Waals surface area (Å²) in [6.45, 7) is 7.26. The van der Waals surface area contributed by atoms with Crippen LogP contribution in [0.15, 0.2) is 0 Å². The molecule has 534 valence electrons. The first kappa shape index (κ1) is 88.1. The molecule has 0 aliphatic heterocycles. The number of phosphoric acid groups is 2. The van der Waals surface area contributed by atoms with Gasteiger partial charge in [-0.15, -0.1) is 0 Å². The minimum absolute atomic E-state index is 0.107. The Kier molecular flexibility index (Phi) is 63.0. The van der Waals surface area contributed by atoms with Gasteiger partial charge in [0.2, 0.25) is 0 Å². The van der Waals surface area contributed by atoms with Gasteiger partial charge in [-0.1, -0.05) is 317 Å². The van der Waals surface area contributed by atoms with Crippen LogP contribution in [-0.4, -0.2) is 96.7 Å². The summed E-state index contributed by atoms with van der Waals surface area (Å²) >= 11 is 0. The smallest absolute Gasteiger partial charge is 0.462 e. The summed E-state index contributed by atoms with van der Waals surface area (Å²) in [6.07, 6.45) is 51.2. The van der Waals surface area contributed by atoms with Crippen LogP contribution in [0.5, 0.6) is 0 Å². The number of phosphoric ester groups is 2. The highest BCUT2D eigenvalue weighted by molar-refractivity contribution is 7.47. The van der Waals surface area contributed by atoms with Gasteiger partial charge in [0.25, 0.3) is 0 Å². The van der Waals surface area contributed by atoms with E-state index in [9.17, 15) is 43.2 Å². The van der Waals surface area contributed by atoms with Gasteiger partial charge >= 0.3 is 39.5 Å². The van der Waals surface area contributed by atoms with Gasteiger partial charge < -0.3 is 33.8 Å². The molecule has 0 aromatic carbocycles. The fraction of sp³-hybridized carbons (Fsp3) is 0.944. The summed E-state index contributed by atoms with van der Waals surface area (Å²) in [4.78, 5) is 72.5. The fourth-order valence-corrected chi connectivity index (χ4v) is 12.4. The zero-order valence-electron chi connectivity index (χ0n) is 58.3. The third kappa shape index (κ3) is 63.5. The van der Waals surface area contributed by atoms with Crippen LogP contribution < -0.4 is 0 Å². The van der Waals surface area contributed by atoms with Crippen molar-refractivity contribution in [3.63, 3.8) is 0 Å². The SMILES string of the molecule is CCCCCCCCCCCCCCCCCCCC(=O)O[C@H](COC(=O)CCCCCCCCCCCCC(C)CC)COP(=O)(O)OC[C@@H](O)COP(=O)(O)OC[C@@H](COC(=O)CCCCCCCCCC)OC(=O)CCCCCCCCCCCCC. The van der Waals surface area contributed by atoms with Gasteiger partial charge in [0.1, 0.15) is 19.3 Å². The molecular weight excluding hydrogens is 1190 g/mol. The molecule has 19 heteroatoms. The van der Waals surface area contributed by atoms with Crippen LogP contribution in [0.2, 0.25) is 0 Å². The lowest BCUT2D eigenvalue weighted by molar-refractivity contribution is -0.161. The maximum atomic E-state index is 13.0.